The molecule has 1 aromatic rings. The van der Waals surface area contributed by atoms with E-state index in [0.717, 1.165) is 4.88 Å². The molecule has 0 atom stereocenters. The maximum absolute atomic E-state index is 11.7. The number of hydrogen-bond donors (Lipinski definition) is 1. The lowest BCUT2D eigenvalue weighted by Gasteiger charge is -2.46. The summed E-state index contributed by atoms with van der Waals surface area (Å²) in [5.74, 6) is 0. The largest absolute Gasteiger partial charge is 0.444 e. The molecule has 1 fully saturated rings. The summed E-state index contributed by atoms with van der Waals surface area (Å²) in [4.78, 5) is 14.4. The van der Waals surface area contributed by atoms with Crippen LogP contribution in [-0.4, -0.2) is 40.4 Å². The van der Waals surface area contributed by atoms with E-state index in [1.165, 1.54) is 0 Å². The van der Waals surface area contributed by atoms with Gasteiger partial charge in [-0.1, -0.05) is 6.07 Å². The van der Waals surface area contributed by atoms with Gasteiger partial charge in [0.15, 0.2) is 0 Å². The van der Waals surface area contributed by atoms with Crippen molar-refractivity contribution in [3.05, 3.63) is 22.4 Å². The Labute approximate surface area is 111 Å². The van der Waals surface area contributed by atoms with E-state index >= 15 is 0 Å². The maximum atomic E-state index is 11.7. The average molecular weight is 269 g/mol. The molecule has 0 aliphatic carbocycles. The Hall–Kier alpha value is -1.07. The molecule has 100 valence electrons. The van der Waals surface area contributed by atoms with Crippen LogP contribution in [-0.2, 0) is 11.2 Å². The quantitative estimate of drug-likeness (QED) is 0.896. The summed E-state index contributed by atoms with van der Waals surface area (Å²) in [6.07, 6.45) is 0.252. The fourth-order valence-electron chi connectivity index (χ4n) is 1.97. The van der Waals surface area contributed by atoms with E-state index in [2.05, 4.69) is 0 Å². The number of nitrogens with zero attached hydrogens (tertiary/aromatic N) is 1. The number of likely N-dealkylation sites (tertiary alicyclic amines) is 1. The second kappa shape index (κ2) is 4.55. The van der Waals surface area contributed by atoms with Gasteiger partial charge < -0.3 is 14.7 Å². The maximum Gasteiger partial charge on any atom is 0.410 e. The standard InChI is InChI=1S/C13H19NO3S/c1-12(2,3)17-11(15)14-8-13(16,9-14)7-10-5-4-6-18-10/h4-6,16H,7-9H2,1-3H3. The van der Waals surface area contributed by atoms with Crippen LogP contribution in [0, 0.1) is 0 Å². The first-order chi connectivity index (χ1) is 8.27. The van der Waals surface area contributed by atoms with Crippen molar-refractivity contribution in [1.29, 1.82) is 0 Å². The van der Waals surface area contributed by atoms with Gasteiger partial charge in [0, 0.05) is 11.3 Å². The van der Waals surface area contributed by atoms with Crippen LogP contribution in [0.3, 0.4) is 0 Å². The van der Waals surface area contributed by atoms with Gasteiger partial charge in [0.05, 0.1) is 13.1 Å². The lowest BCUT2D eigenvalue weighted by molar-refractivity contribution is -0.0969. The Morgan fingerprint density at radius 3 is 2.72 bits per heavy atom. The van der Waals surface area contributed by atoms with Crippen molar-refractivity contribution < 1.29 is 14.6 Å². The van der Waals surface area contributed by atoms with Gasteiger partial charge in [-0.15, -0.1) is 11.3 Å². The molecule has 0 radical (unpaired) electrons. The molecule has 2 heterocycles. The zero-order valence-corrected chi connectivity index (χ0v) is 11.8. The first-order valence-electron chi connectivity index (χ1n) is 6.00. The summed E-state index contributed by atoms with van der Waals surface area (Å²) in [6.45, 7) is 6.20. The molecule has 1 amide bonds. The van der Waals surface area contributed by atoms with Gasteiger partial charge in [-0.3, -0.25) is 0 Å². The third-order valence-corrected chi connectivity index (χ3v) is 3.58. The molecule has 1 aromatic heterocycles. The van der Waals surface area contributed by atoms with E-state index in [1.54, 1.807) is 16.2 Å². The molecule has 0 aromatic carbocycles. The number of hydrogen-bond acceptors (Lipinski definition) is 4. The van der Waals surface area contributed by atoms with Crippen LogP contribution in [0.2, 0.25) is 0 Å². The SMILES string of the molecule is CC(C)(C)OC(=O)N1CC(O)(Cc2cccs2)C1. The molecule has 5 heteroatoms. The molecular formula is C13H19NO3S. The lowest BCUT2D eigenvalue weighted by atomic mass is 9.90. The second-order valence-corrected chi connectivity index (χ2v) is 6.85. The topological polar surface area (TPSA) is 49.8 Å². The molecule has 0 bridgehead atoms. The number of aliphatic hydroxyl groups is 1. The zero-order chi connectivity index (χ0) is 13.4. The summed E-state index contributed by atoms with van der Waals surface area (Å²) in [5, 5.41) is 12.2. The zero-order valence-electron chi connectivity index (χ0n) is 11.0. The van der Waals surface area contributed by atoms with E-state index in [0.29, 0.717) is 19.5 Å². The van der Waals surface area contributed by atoms with Crippen molar-refractivity contribution in [1.82, 2.24) is 4.90 Å². The van der Waals surface area contributed by atoms with Crippen LogP contribution in [0.1, 0.15) is 25.6 Å². The number of β-amino-alcohol motifs (C(OH)–C–C–N with tert-alkyl or cyclic N) is 1. The fraction of sp³-hybridized carbons (Fsp3) is 0.615. The summed E-state index contributed by atoms with van der Waals surface area (Å²) in [6, 6.07) is 3.96. The minimum absolute atomic E-state index is 0.347. The third kappa shape index (κ3) is 3.23. The van der Waals surface area contributed by atoms with Gasteiger partial charge >= 0.3 is 6.09 Å². The van der Waals surface area contributed by atoms with Gasteiger partial charge in [-0.05, 0) is 32.2 Å². The molecule has 0 unspecified atom stereocenters. The summed E-state index contributed by atoms with van der Waals surface area (Å²) >= 11 is 1.62. The first-order valence-corrected chi connectivity index (χ1v) is 6.88. The highest BCUT2D eigenvalue weighted by Gasteiger charge is 2.45. The first kappa shape index (κ1) is 13.4. The van der Waals surface area contributed by atoms with Crippen molar-refractivity contribution in [2.24, 2.45) is 0 Å². The van der Waals surface area contributed by atoms with Crippen molar-refractivity contribution in [2.45, 2.75) is 38.4 Å². The van der Waals surface area contributed by atoms with E-state index < -0.39 is 11.2 Å². The molecule has 1 N–H and O–H groups in total. The summed E-state index contributed by atoms with van der Waals surface area (Å²) in [5.41, 5.74) is -1.28. The normalized spacial score (nSPS) is 18.3. The number of rotatable bonds is 2. The Morgan fingerprint density at radius 2 is 2.22 bits per heavy atom. The summed E-state index contributed by atoms with van der Waals surface area (Å²) < 4.78 is 5.25. The molecule has 1 saturated heterocycles. The van der Waals surface area contributed by atoms with Gasteiger partial charge in [0.1, 0.15) is 11.2 Å². The van der Waals surface area contributed by atoms with Crippen LogP contribution in [0.25, 0.3) is 0 Å². The van der Waals surface area contributed by atoms with Crippen LogP contribution >= 0.6 is 11.3 Å². The van der Waals surface area contributed by atoms with Crippen molar-refractivity contribution in [3.8, 4) is 0 Å². The predicted octanol–water partition coefficient (Wildman–Crippen LogP) is 2.27. The predicted molar refractivity (Wildman–Crippen MR) is 70.8 cm³/mol. The molecule has 2 rings (SSSR count). The molecule has 0 saturated carbocycles. The van der Waals surface area contributed by atoms with Crippen molar-refractivity contribution in [2.75, 3.05) is 13.1 Å². The Bertz CT molecular complexity index is 416. The van der Waals surface area contributed by atoms with E-state index in [1.807, 2.05) is 38.3 Å². The van der Waals surface area contributed by atoms with Crippen LogP contribution in [0.15, 0.2) is 17.5 Å². The number of thiophene rings is 1. The van der Waals surface area contributed by atoms with Gasteiger partial charge in [0.25, 0.3) is 0 Å². The minimum atomic E-state index is -0.790. The molecule has 1 aliphatic rings. The van der Waals surface area contributed by atoms with Crippen molar-refractivity contribution >= 4 is 17.4 Å². The molecule has 4 nitrogen and oxygen atoms in total. The Kier molecular flexibility index (Phi) is 3.38. The number of carbonyl (C=O) groups is 1. The summed E-state index contributed by atoms with van der Waals surface area (Å²) in [7, 11) is 0. The number of ether oxygens (including phenoxy) is 1. The number of amides is 1. The van der Waals surface area contributed by atoms with Gasteiger partial charge in [-0.25, -0.2) is 4.79 Å². The van der Waals surface area contributed by atoms with Crippen LogP contribution in [0.4, 0.5) is 4.79 Å². The van der Waals surface area contributed by atoms with Gasteiger partial charge in [0.2, 0.25) is 0 Å². The molecule has 0 spiro atoms. The van der Waals surface area contributed by atoms with E-state index in [-0.39, 0.29) is 6.09 Å². The van der Waals surface area contributed by atoms with Crippen molar-refractivity contribution in [3.63, 3.8) is 0 Å². The highest BCUT2D eigenvalue weighted by molar-refractivity contribution is 7.09. The van der Waals surface area contributed by atoms with Gasteiger partial charge in [-0.2, -0.15) is 0 Å². The smallest absolute Gasteiger partial charge is 0.410 e. The van der Waals surface area contributed by atoms with E-state index in [9.17, 15) is 9.90 Å². The van der Waals surface area contributed by atoms with Crippen LogP contribution < -0.4 is 0 Å². The van der Waals surface area contributed by atoms with E-state index in [4.69, 9.17) is 4.74 Å². The second-order valence-electron chi connectivity index (χ2n) is 5.82. The molecule has 18 heavy (non-hydrogen) atoms. The number of carbonyl (C=O) groups excluding carboxylic acids is 1. The average Bonchev–Trinajstić information content (AvgIpc) is 2.63. The molecule has 1 aliphatic heterocycles. The highest BCUT2D eigenvalue weighted by Crippen LogP contribution is 2.28. The monoisotopic (exact) mass is 269 g/mol. The van der Waals surface area contributed by atoms with Crippen LogP contribution in [0.5, 0.6) is 0 Å². The Morgan fingerprint density at radius 1 is 1.56 bits per heavy atom. The molecular weight excluding hydrogens is 250 g/mol. The third-order valence-electron chi connectivity index (χ3n) is 2.71. The fourth-order valence-corrected chi connectivity index (χ4v) is 2.81. The Balaban J connectivity index is 1.84. The minimum Gasteiger partial charge on any atom is -0.444 e. The highest BCUT2D eigenvalue weighted by atomic mass is 32.1. The lowest BCUT2D eigenvalue weighted by Crippen LogP contribution is -2.65.